The van der Waals surface area contributed by atoms with Crippen LogP contribution in [-0.4, -0.2) is 37.8 Å². The summed E-state index contributed by atoms with van der Waals surface area (Å²) >= 11 is 0. The van der Waals surface area contributed by atoms with Gasteiger partial charge in [-0.05, 0) is 48.9 Å². The van der Waals surface area contributed by atoms with Gasteiger partial charge in [-0.15, -0.1) is 0 Å². The van der Waals surface area contributed by atoms with Crippen LogP contribution in [0.5, 0.6) is 5.75 Å². The second kappa shape index (κ2) is 8.83. The number of hydrogen-bond donors (Lipinski definition) is 1. The van der Waals surface area contributed by atoms with Crippen LogP contribution in [0.2, 0.25) is 0 Å². The largest absolute Gasteiger partial charge is 0.490 e. The van der Waals surface area contributed by atoms with Gasteiger partial charge in [0.15, 0.2) is 0 Å². The van der Waals surface area contributed by atoms with Crippen molar-refractivity contribution in [3.63, 3.8) is 0 Å². The fraction of sp³-hybridized carbons (Fsp3) is 0.350. The van der Waals surface area contributed by atoms with E-state index in [1.807, 2.05) is 0 Å². The number of rotatable bonds is 6. The number of carbonyl (C=O) groups excluding carboxylic acids is 1. The van der Waals surface area contributed by atoms with Gasteiger partial charge in [-0.3, -0.25) is 4.79 Å². The van der Waals surface area contributed by atoms with Crippen LogP contribution in [0.25, 0.3) is 0 Å². The number of sulfonamides is 1. The van der Waals surface area contributed by atoms with Gasteiger partial charge in [0, 0.05) is 25.4 Å². The van der Waals surface area contributed by atoms with E-state index in [-0.39, 0.29) is 25.9 Å². The molecular weight excluding hydrogens is 440 g/mol. The van der Waals surface area contributed by atoms with Gasteiger partial charge in [0.1, 0.15) is 17.7 Å². The molecule has 0 spiro atoms. The van der Waals surface area contributed by atoms with Gasteiger partial charge in [-0.1, -0.05) is 6.07 Å². The van der Waals surface area contributed by atoms with E-state index in [1.165, 1.54) is 24.3 Å². The predicted octanol–water partition coefficient (Wildman–Crippen LogP) is 3.18. The summed E-state index contributed by atoms with van der Waals surface area (Å²) in [6.07, 6.45) is -5.27. The predicted molar refractivity (Wildman–Crippen MR) is 103 cm³/mol. The van der Waals surface area contributed by atoms with Crippen LogP contribution in [0.1, 0.15) is 18.4 Å². The zero-order valence-electron chi connectivity index (χ0n) is 16.2. The molecule has 1 amide bonds. The summed E-state index contributed by atoms with van der Waals surface area (Å²) in [6.45, 7) is -0.187. The lowest BCUT2D eigenvalue weighted by Gasteiger charge is -2.37. The highest BCUT2D eigenvalue weighted by atomic mass is 32.2. The molecule has 3 rings (SSSR count). The molecule has 0 aromatic heterocycles. The first kappa shape index (κ1) is 23.0. The SMILES string of the molecule is NC(=O)C[C@H]1CN(S(=O)(=O)c2cccc(C(F)(F)F)c2)CC[C@@H]1Oc1ccc(F)cc1. The molecular formula is C20H20F4N2O4S. The maximum atomic E-state index is 13.1. The Morgan fingerprint density at radius 2 is 1.84 bits per heavy atom. The Kier molecular flexibility index (Phi) is 6.56. The highest BCUT2D eigenvalue weighted by molar-refractivity contribution is 7.89. The number of nitrogens with zero attached hydrogens (tertiary/aromatic N) is 1. The Morgan fingerprint density at radius 3 is 2.45 bits per heavy atom. The van der Waals surface area contributed by atoms with Gasteiger partial charge in [-0.25, -0.2) is 12.8 Å². The molecule has 1 saturated heterocycles. The summed E-state index contributed by atoms with van der Waals surface area (Å²) in [5.74, 6) is -1.41. The second-order valence-electron chi connectivity index (χ2n) is 7.22. The number of primary amides is 1. The van der Waals surface area contributed by atoms with Crippen LogP contribution in [-0.2, 0) is 21.0 Å². The van der Waals surface area contributed by atoms with E-state index in [2.05, 4.69) is 0 Å². The highest BCUT2D eigenvalue weighted by Crippen LogP contribution is 2.33. The number of alkyl halides is 3. The molecule has 1 aliphatic rings. The minimum Gasteiger partial charge on any atom is -0.490 e. The van der Waals surface area contributed by atoms with Crippen LogP contribution >= 0.6 is 0 Å². The molecule has 31 heavy (non-hydrogen) atoms. The molecule has 0 saturated carbocycles. The summed E-state index contributed by atoms with van der Waals surface area (Å²) < 4.78 is 84.8. The lowest BCUT2D eigenvalue weighted by Crippen LogP contribution is -2.48. The van der Waals surface area contributed by atoms with Crippen molar-refractivity contribution in [1.29, 1.82) is 0 Å². The monoisotopic (exact) mass is 460 g/mol. The smallest absolute Gasteiger partial charge is 0.416 e. The van der Waals surface area contributed by atoms with Gasteiger partial charge in [0.2, 0.25) is 15.9 Å². The maximum Gasteiger partial charge on any atom is 0.416 e. The third-order valence-corrected chi connectivity index (χ3v) is 6.85. The Bertz CT molecular complexity index is 1040. The summed E-state index contributed by atoms with van der Waals surface area (Å²) in [7, 11) is -4.24. The van der Waals surface area contributed by atoms with Gasteiger partial charge in [0.25, 0.3) is 0 Å². The fourth-order valence-corrected chi connectivity index (χ4v) is 5.03. The van der Waals surface area contributed by atoms with Crippen molar-refractivity contribution in [3.8, 4) is 5.75 Å². The Balaban J connectivity index is 1.82. The van der Waals surface area contributed by atoms with Crippen molar-refractivity contribution in [3.05, 3.63) is 59.9 Å². The van der Waals surface area contributed by atoms with Gasteiger partial charge in [0.05, 0.1) is 10.5 Å². The molecule has 1 aliphatic heterocycles. The molecule has 6 nitrogen and oxygen atoms in total. The van der Waals surface area contributed by atoms with E-state index in [1.54, 1.807) is 0 Å². The average molecular weight is 460 g/mol. The quantitative estimate of drug-likeness (QED) is 0.671. The molecule has 2 aromatic carbocycles. The Hall–Kier alpha value is -2.66. The average Bonchev–Trinajstić information content (AvgIpc) is 2.70. The molecule has 2 atom stereocenters. The zero-order chi connectivity index (χ0) is 22.8. The molecule has 1 heterocycles. The van der Waals surface area contributed by atoms with Crippen molar-refractivity contribution in [2.75, 3.05) is 13.1 Å². The molecule has 0 unspecified atom stereocenters. The number of nitrogens with two attached hydrogens (primary N) is 1. The molecule has 1 fully saturated rings. The molecule has 11 heteroatoms. The van der Waals surface area contributed by atoms with Crippen LogP contribution in [0.15, 0.2) is 53.4 Å². The van der Waals surface area contributed by atoms with E-state index in [0.717, 1.165) is 22.5 Å². The Labute approximate surface area is 176 Å². The maximum absolute atomic E-state index is 13.1. The van der Waals surface area contributed by atoms with Crippen LogP contribution in [0.4, 0.5) is 17.6 Å². The van der Waals surface area contributed by atoms with E-state index < -0.39 is 50.4 Å². The first-order chi connectivity index (χ1) is 14.5. The first-order valence-corrected chi connectivity index (χ1v) is 10.8. The molecule has 0 bridgehead atoms. The molecule has 168 valence electrons. The topological polar surface area (TPSA) is 89.7 Å². The second-order valence-corrected chi connectivity index (χ2v) is 9.16. The zero-order valence-corrected chi connectivity index (χ0v) is 17.0. The molecule has 2 N–H and O–H groups in total. The van der Waals surface area contributed by atoms with Crippen molar-refractivity contribution in [2.45, 2.75) is 30.0 Å². The number of carbonyl (C=O) groups is 1. The van der Waals surface area contributed by atoms with Crippen LogP contribution in [0.3, 0.4) is 0 Å². The number of hydrogen-bond acceptors (Lipinski definition) is 4. The van der Waals surface area contributed by atoms with Crippen molar-refractivity contribution in [1.82, 2.24) is 4.31 Å². The number of benzene rings is 2. The standard InChI is InChI=1S/C20H20F4N2O4S/c21-15-4-6-16(7-5-15)30-18-8-9-26(12-13(18)10-19(25)27)31(28,29)17-3-1-2-14(11-17)20(22,23)24/h1-7,11,13,18H,8-10,12H2,(H2,25,27)/t13-,18-/m0/s1. The summed E-state index contributed by atoms with van der Waals surface area (Å²) in [5, 5.41) is 0. The van der Waals surface area contributed by atoms with Crippen molar-refractivity contribution < 1.29 is 35.5 Å². The van der Waals surface area contributed by atoms with E-state index in [0.29, 0.717) is 11.8 Å². The van der Waals surface area contributed by atoms with Crippen molar-refractivity contribution in [2.24, 2.45) is 11.7 Å². The lowest BCUT2D eigenvalue weighted by molar-refractivity contribution is -0.137. The Morgan fingerprint density at radius 1 is 1.16 bits per heavy atom. The van der Waals surface area contributed by atoms with Gasteiger partial charge in [-0.2, -0.15) is 17.5 Å². The lowest BCUT2D eigenvalue weighted by atomic mass is 9.92. The normalized spacial score (nSPS) is 20.4. The number of amides is 1. The van der Waals surface area contributed by atoms with Gasteiger partial charge < -0.3 is 10.5 Å². The molecule has 2 aromatic rings. The van der Waals surface area contributed by atoms with Crippen LogP contribution < -0.4 is 10.5 Å². The summed E-state index contributed by atoms with van der Waals surface area (Å²) in [5.41, 5.74) is 4.22. The minimum atomic E-state index is -4.68. The van der Waals surface area contributed by atoms with E-state index >= 15 is 0 Å². The van der Waals surface area contributed by atoms with Crippen molar-refractivity contribution >= 4 is 15.9 Å². The summed E-state index contributed by atoms with van der Waals surface area (Å²) in [4.78, 5) is 11.0. The minimum absolute atomic E-state index is 0.0281. The molecule has 0 radical (unpaired) electrons. The summed E-state index contributed by atoms with van der Waals surface area (Å²) in [6, 6.07) is 8.70. The fourth-order valence-electron chi connectivity index (χ4n) is 3.48. The third kappa shape index (κ3) is 5.53. The number of halogens is 4. The number of ether oxygens (including phenoxy) is 1. The van der Waals surface area contributed by atoms with E-state index in [4.69, 9.17) is 10.5 Å². The number of piperidine rings is 1. The van der Waals surface area contributed by atoms with E-state index in [9.17, 15) is 30.8 Å². The first-order valence-electron chi connectivity index (χ1n) is 9.35. The van der Waals surface area contributed by atoms with Gasteiger partial charge >= 0.3 is 6.18 Å². The highest BCUT2D eigenvalue weighted by Gasteiger charge is 2.38. The third-order valence-electron chi connectivity index (χ3n) is 4.99. The molecule has 0 aliphatic carbocycles. The van der Waals surface area contributed by atoms with Crippen LogP contribution in [0, 0.1) is 11.7 Å².